The molecule has 0 bridgehead atoms. The lowest BCUT2D eigenvalue weighted by Crippen LogP contribution is -2.37. The molecule has 4 rings (SSSR count). The zero-order valence-corrected chi connectivity index (χ0v) is 15.9. The lowest BCUT2D eigenvalue weighted by atomic mass is 9.89. The second-order valence-electron chi connectivity index (χ2n) is 7.55. The van der Waals surface area contributed by atoms with Crippen molar-refractivity contribution in [2.24, 2.45) is 0 Å². The maximum Gasteiger partial charge on any atom is 0.253 e. The Labute approximate surface area is 160 Å². The van der Waals surface area contributed by atoms with Crippen LogP contribution >= 0.6 is 0 Å². The lowest BCUT2D eigenvalue weighted by Gasteiger charge is -2.32. The largest absolute Gasteiger partial charge is 0.491 e. The molecule has 2 heterocycles. The van der Waals surface area contributed by atoms with Crippen LogP contribution in [0.3, 0.4) is 0 Å². The highest BCUT2D eigenvalue weighted by Gasteiger charge is 2.26. The zero-order chi connectivity index (χ0) is 18.8. The molecule has 0 saturated carbocycles. The first kappa shape index (κ1) is 17.7. The zero-order valence-electron chi connectivity index (χ0n) is 15.9. The number of nitrogens with zero attached hydrogens (tertiary/aromatic N) is 1. The third kappa shape index (κ3) is 3.70. The molecule has 0 unspecified atom stereocenters. The number of fused-ring (bicyclic) bond motifs is 1. The number of hydrogen-bond donors (Lipinski definition) is 1. The van der Waals surface area contributed by atoms with Crippen molar-refractivity contribution in [2.45, 2.75) is 38.7 Å². The van der Waals surface area contributed by atoms with Gasteiger partial charge in [0.05, 0.1) is 6.10 Å². The van der Waals surface area contributed by atoms with Gasteiger partial charge in [-0.15, -0.1) is 0 Å². The summed E-state index contributed by atoms with van der Waals surface area (Å²) in [7, 11) is 0. The quantitative estimate of drug-likeness (QED) is 0.712. The summed E-state index contributed by atoms with van der Waals surface area (Å²) in [5, 5.41) is 1.31. The highest BCUT2D eigenvalue weighted by molar-refractivity contribution is 5.94. The summed E-state index contributed by atoms with van der Waals surface area (Å²) in [4.78, 5) is 18.2. The number of benzene rings is 2. The van der Waals surface area contributed by atoms with Gasteiger partial charge in [0.15, 0.2) is 0 Å². The number of H-pyrrole nitrogens is 1. The fraction of sp³-hybridized carbons (Fsp3) is 0.348. The van der Waals surface area contributed by atoms with E-state index in [1.807, 2.05) is 43.0 Å². The van der Waals surface area contributed by atoms with E-state index >= 15 is 0 Å². The minimum Gasteiger partial charge on any atom is -0.491 e. The number of rotatable bonds is 4. The first-order valence-electron chi connectivity index (χ1n) is 9.74. The topological polar surface area (TPSA) is 45.3 Å². The normalized spacial score (nSPS) is 15.4. The first-order valence-corrected chi connectivity index (χ1v) is 9.74. The predicted octanol–water partition coefficient (Wildman–Crippen LogP) is 4.97. The number of carbonyl (C=O) groups is 1. The van der Waals surface area contributed by atoms with Gasteiger partial charge in [-0.05, 0) is 68.5 Å². The maximum atomic E-state index is 12.8. The van der Waals surface area contributed by atoms with Crippen molar-refractivity contribution < 1.29 is 9.53 Å². The molecule has 1 saturated heterocycles. The molecule has 0 atom stereocenters. The molecule has 1 N–H and O–H groups in total. The van der Waals surface area contributed by atoms with Gasteiger partial charge in [-0.1, -0.05) is 18.2 Å². The number of amides is 1. The van der Waals surface area contributed by atoms with Crippen molar-refractivity contribution in [1.29, 1.82) is 0 Å². The number of likely N-dealkylation sites (tertiary alicyclic amines) is 1. The maximum absolute atomic E-state index is 12.8. The van der Waals surface area contributed by atoms with E-state index < -0.39 is 0 Å². The second-order valence-corrected chi connectivity index (χ2v) is 7.55. The van der Waals surface area contributed by atoms with E-state index in [0.717, 1.165) is 37.2 Å². The molecule has 140 valence electrons. The smallest absolute Gasteiger partial charge is 0.253 e. The van der Waals surface area contributed by atoms with Crippen LogP contribution in [-0.2, 0) is 0 Å². The average Bonchev–Trinajstić information content (AvgIpc) is 3.12. The van der Waals surface area contributed by atoms with E-state index in [4.69, 9.17) is 4.74 Å². The summed E-state index contributed by atoms with van der Waals surface area (Å²) in [5.74, 6) is 1.43. The van der Waals surface area contributed by atoms with Crippen molar-refractivity contribution in [2.75, 3.05) is 13.1 Å². The highest BCUT2D eigenvalue weighted by atomic mass is 16.5. The molecule has 0 spiro atoms. The number of aromatic amines is 1. The van der Waals surface area contributed by atoms with Crippen molar-refractivity contribution in [3.05, 3.63) is 65.9 Å². The average molecular weight is 362 g/mol. The van der Waals surface area contributed by atoms with Crippen LogP contribution in [0.25, 0.3) is 10.9 Å². The van der Waals surface area contributed by atoms with Gasteiger partial charge in [0, 0.05) is 35.8 Å². The Morgan fingerprint density at radius 3 is 2.48 bits per heavy atom. The van der Waals surface area contributed by atoms with Crippen molar-refractivity contribution in [3.8, 4) is 5.75 Å². The van der Waals surface area contributed by atoms with Gasteiger partial charge in [-0.2, -0.15) is 0 Å². The fourth-order valence-electron chi connectivity index (χ4n) is 3.96. The molecule has 1 fully saturated rings. The fourth-order valence-corrected chi connectivity index (χ4v) is 3.96. The van der Waals surface area contributed by atoms with E-state index in [9.17, 15) is 4.79 Å². The Morgan fingerprint density at radius 1 is 1.07 bits per heavy atom. The van der Waals surface area contributed by atoms with Crippen LogP contribution in [0.2, 0.25) is 0 Å². The minimum atomic E-state index is 0.114. The molecule has 3 aromatic rings. The monoisotopic (exact) mass is 362 g/mol. The Morgan fingerprint density at radius 2 is 1.78 bits per heavy atom. The number of ether oxygens (including phenoxy) is 1. The van der Waals surface area contributed by atoms with Crippen molar-refractivity contribution in [1.82, 2.24) is 9.88 Å². The molecule has 0 aliphatic carbocycles. The molecule has 1 amide bonds. The third-order valence-electron chi connectivity index (χ3n) is 5.32. The highest BCUT2D eigenvalue weighted by Crippen LogP contribution is 2.33. The van der Waals surface area contributed by atoms with Crippen LogP contribution in [0.5, 0.6) is 5.75 Å². The van der Waals surface area contributed by atoms with Gasteiger partial charge in [-0.3, -0.25) is 4.79 Å². The van der Waals surface area contributed by atoms with Gasteiger partial charge in [0.25, 0.3) is 5.91 Å². The van der Waals surface area contributed by atoms with Gasteiger partial charge in [0.1, 0.15) is 5.75 Å². The number of nitrogens with one attached hydrogen (secondary N) is 1. The second kappa shape index (κ2) is 7.47. The van der Waals surface area contributed by atoms with E-state index in [1.165, 1.54) is 16.5 Å². The minimum absolute atomic E-state index is 0.114. The molecule has 0 radical (unpaired) electrons. The van der Waals surface area contributed by atoms with Crippen LogP contribution in [0.15, 0.2) is 54.7 Å². The molecular formula is C23H26N2O2. The Hall–Kier alpha value is -2.75. The summed E-state index contributed by atoms with van der Waals surface area (Å²) in [6.07, 6.45) is 4.28. The summed E-state index contributed by atoms with van der Waals surface area (Å²) >= 11 is 0. The molecule has 4 nitrogen and oxygen atoms in total. The summed E-state index contributed by atoms with van der Waals surface area (Å²) in [6.45, 7) is 5.59. The van der Waals surface area contributed by atoms with Gasteiger partial charge < -0.3 is 14.6 Å². The van der Waals surface area contributed by atoms with E-state index in [2.05, 4.69) is 35.4 Å². The summed E-state index contributed by atoms with van der Waals surface area (Å²) in [5.41, 5.74) is 3.30. The summed E-state index contributed by atoms with van der Waals surface area (Å²) in [6, 6.07) is 15.9. The number of aromatic nitrogens is 1. The first-order chi connectivity index (χ1) is 13.1. The predicted molar refractivity (Wildman–Crippen MR) is 108 cm³/mol. The molecule has 27 heavy (non-hydrogen) atoms. The van der Waals surface area contributed by atoms with Crippen molar-refractivity contribution >= 4 is 16.8 Å². The van der Waals surface area contributed by atoms with E-state index in [0.29, 0.717) is 5.92 Å². The lowest BCUT2D eigenvalue weighted by molar-refractivity contribution is 0.0713. The Bertz CT molecular complexity index is 919. The number of hydrogen-bond acceptors (Lipinski definition) is 2. The van der Waals surface area contributed by atoms with Gasteiger partial charge in [0.2, 0.25) is 0 Å². The van der Waals surface area contributed by atoms with E-state index in [1.54, 1.807) is 0 Å². The number of para-hydroxylation sites is 1. The molecule has 4 heteroatoms. The SMILES string of the molecule is CC(C)Oc1ccc(C(=O)N2CCC(c3c[nH]c4ccccc34)CC2)cc1. The van der Waals surface area contributed by atoms with Crippen LogP contribution < -0.4 is 4.74 Å². The Balaban J connectivity index is 1.40. The van der Waals surface area contributed by atoms with Gasteiger partial charge in [-0.25, -0.2) is 0 Å². The van der Waals surface area contributed by atoms with Crippen molar-refractivity contribution in [3.63, 3.8) is 0 Å². The van der Waals surface area contributed by atoms with Crippen LogP contribution in [0.1, 0.15) is 48.5 Å². The molecule has 2 aromatic carbocycles. The molecule has 1 aliphatic rings. The standard InChI is InChI=1S/C23H26N2O2/c1-16(2)27-19-9-7-18(8-10-19)23(26)25-13-11-17(12-14-25)21-15-24-22-6-4-3-5-20(21)22/h3-10,15-17,24H,11-14H2,1-2H3. The number of piperidine rings is 1. The van der Waals surface area contributed by atoms with E-state index in [-0.39, 0.29) is 12.0 Å². The third-order valence-corrected chi connectivity index (χ3v) is 5.32. The summed E-state index contributed by atoms with van der Waals surface area (Å²) < 4.78 is 5.66. The molecular weight excluding hydrogens is 336 g/mol. The molecule has 1 aliphatic heterocycles. The van der Waals surface area contributed by atoms with Crippen LogP contribution in [-0.4, -0.2) is 35.0 Å². The Kier molecular flexibility index (Phi) is 4.88. The van der Waals surface area contributed by atoms with Gasteiger partial charge >= 0.3 is 0 Å². The van der Waals surface area contributed by atoms with Crippen LogP contribution in [0.4, 0.5) is 0 Å². The molecule has 1 aromatic heterocycles. The number of carbonyl (C=O) groups excluding carboxylic acids is 1. The van der Waals surface area contributed by atoms with Crippen LogP contribution in [0, 0.1) is 0 Å².